The second-order valence-electron chi connectivity index (χ2n) is 1.89. The molecule has 1 unspecified atom stereocenters. The number of rotatable bonds is 2. The smallest absolute Gasteiger partial charge is 0.230 e. The molecular formula is C6H9NOS. The number of hydrogen-bond donors (Lipinski definition) is 1. The molecule has 1 fully saturated rings. The van der Waals surface area contributed by atoms with Crippen molar-refractivity contribution in [3.8, 4) is 0 Å². The molecule has 1 aliphatic heterocycles. The molecule has 9 heavy (non-hydrogen) atoms. The van der Waals surface area contributed by atoms with Crippen LogP contribution in [0.2, 0.25) is 0 Å². The van der Waals surface area contributed by atoms with E-state index in [-0.39, 0.29) is 11.3 Å². The van der Waals surface area contributed by atoms with Gasteiger partial charge in [0, 0.05) is 0 Å². The topological polar surface area (TPSA) is 29.1 Å². The van der Waals surface area contributed by atoms with Crippen LogP contribution < -0.4 is 5.32 Å². The van der Waals surface area contributed by atoms with Gasteiger partial charge in [-0.1, -0.05) is 6.08 Å². The van der Waals surface area contributed by atoms with Gasteiger partial charge in [-0.2, -0.15) is 0 Å². The highest BCUT2D eigenvalue weighted by atomic mass is 32.2. The van der Waals surface area contributed by atoms with E-state index in [4.69, 9.17) is 0 Å². The Kier molecular flexibility index (Phi) is 2.16. The van der Waals surface area contributed by atoms with Gasteiger partial charge in [-0.25, -0.2) is 0 Å². The first-order valence-electron chi connectivity index (χ1n) is 2.85. The Morgan fingerprint density at radius 3 is 3.22 bits per heavy atom. The van der Waals surface area contributed by atoms with Gasteiger partial charge in [0.2, 0.25) is 5.91 Å². The summed E-state index contributed by atoms with van der Waals surface area (Å²) >= 11 is 1.64. The van der Waals surface area contributed by atoms with Crippen molar-refractivity contribution in [1.82, 2.24) is 5.32 Å². The maximum absolute atomic E-state index is 10.6. The molecule has 0 aromatic rings. The predicted octanol–water partition coefficient (Wildman–Crippen LogP) is 0.752. The number of hydrogen-bond acceptors (Lipinski definition) is 2. The summed E-state index contributed by atoms with van der Waals surface area (Å²) in [6.45, 7) is 3.58. The molecule has 0 aliphatic carbocycles. The number of amides is 1. The Bertz CT molecular complexity index is 135. The van der Waals surface area contributed by atoms with Crippen LogP contribution in [0.5, 0.6) is 0 Å². The second-order valence-corrected chi connectivity index (χ2v) is 3.08. The van der Waals surface area contributed by atoms with Crippen LogP contribution in [-0.2, 0) is 4.79 Å². The summed E-state index contributed by atoms with van der Waals surface area (Å²) in [6, 6.07) is 0. The number of thioether (sulfide) groups is 1. The largest absolute Gasteiger partial charge is 0.343 e. The normalized spacial score (nSPS) is 25.8. The lowest BCUT2D eigenvalue weighted by Crippen LogP contribution is -2.23. The van der Waals surface area contributed by atoms with Crippen LogP contribution >= 0.6 is 11.8 Å². The molecule has 0 radical (unpaired) electrons. The first kappa shape index (κ1) is 6.68. The first-order valence-corrected chi connectivity index (χ1v) is 3.89. The highest BCUT2D eigenvalue weighted by Crippen LogP contribution is 2.17. The van der Waals surface area contributed by atoms with Crippen molar-refractivity contribution in [1.29, 1.82) is 0 Å². The zero-order chi connectivity index (χ0) is 6.69. The van der Waals surface area contributed by atoms with Crippen molar-refractivity contribution < 1.29 is 4.79 Å². The van der Waals surface area contributed by atoms with Crippen molar-refractivity contribution in [2.45, 2.75) is 11.8 Å². The predicted molar refractivity (Wildman–Crippen MR) is 39.2 cm³/mol. The van der Waals surface area contributed by atoms with E-state index in [0.717, 1.165) is 6.42 Å². The summed E-state index contributed by atoms with van der Waals surface area (Å²) in [6.07, 6.45) is 2.69. The van der Waals surface area contributed by atoms with Gasteiger partial charge in [0.05, 0.1) is 11.1 Å². The Hall–Kier alpha value is -0.440. The molecule has 1 atom stereocenters. The fourth-order valence-electron chi connectivity index (χ4n) is 0.718. The Morgan fingerprint density at radius 2 is 2.78 bits per heavy atom. The molecule has 1 amide bonds. The average Bonchev–Trinajstić information content (AvgIpc) is 2.17. The van der Waals surface area contributed by atoms with Gasteiger partial charge in [-0.15, -0.1) is 18.3 Å². The highest BCUT2D eigenvalue weighted by molar-refractivity contribution is 8.01. The molecule has 1 N–H and O–H groups in total. The zero-order valence-electron chi connectivity index (χ0n) is 5.09. The van der Waals surface area contributed by atoms with Gasteiger partial charge < -0.3 is 5.32 Å². The number of nitrogens with one attached hydrogen (secondary N) is 1. The van der Waals surface area contributed by atoms with E-state index in [0.29, 0.717) is 5.75 Å². The molecule has 1 saturated heterocycles. The third-order valence-electron chi connectivity index (χ3n) is 1.12. The maximum Gasteiger partial charge on any atom is 0.230 e. The van der Waals surface area contributed by atoms with Crippen LogP contribution in [-0.4, -0.2) is 17.0 Å². The van der Waals surface area contributed by atoms with Crippen LogP contribution in [0.3, 0.4) is 0 Å². The van der Waals surface area contributed by atoms with Crippen LogP contribution in [0.15, 0.2) is 12.7 Å². The minimum Gasteiger partial charge on any atom is -0.343 e. The molecule has 0 saturated carbocycles. The van der Waals surface area contributed by atoms with Crippen molar-refractivity contribution in [2.75, 3.05) is 5.75 Å². The molecule has 0 aromatic heterocycles. The monoisotopic (exact) mass is 143 g/mol. The van der Waals surface area contributed by atoms with Crippen molar-refractivity contribution >= 4 is 17.7 Å². The summed E-state index contributed by atoms with van der Waals surface area (Å²) in [5.74, 6) is 0.755. The number of carbonyl (C=O) groups excluding carboxylic acids is 1. The molecule has 2 nitrogen and oxygen atoms in total. The molecule has 1 heterocycles. The molecule has 3 heteroatoms. The van der Waals surface area contributed by atoms with Crippen molar-refractivity contribution in [3.63, 3.8) is 0 Å². The zero-order valence-corrected chi connectivity index (χ0v) is 5.91. The van der Waals surface area contributed by atoms with E-state index in [1.165, 1.54) is 0 Å². The summed E-state index contributed by atoms with van der Waals surface area (Å²) in [4.78, 5) is 10.6. The first-order chi connectivity index (χ1) is 4.33. The minimum atomic E-state index is 0.145. The lowest BCUT2D eigenvalue weighted by molar-refractivity contribution is -0.118. The molecule has 0 aromatic carbocycles. The third kappa shape index (κ3) is 1.75. The summed E-state index contributed by atoms with van der Waals surface area (Å²) in [5, 5.41) is 3.09. The molecule has 1 aliphatic rings. The van der Waals surface area contributed by atoms with E-state index in [1.807, 2.05) is 6.08 Å². The van der Waals surface area contributed by atoms with E-state index in [9.17, 15) is 4.79 Å². The van der Waals surface area contributed by atoms with E-state index >= 15 is 0 Å². The van der Waals surface area contributed by atoms with Gasteiger partial charge >= 0.3 is 0 Å². The standard InChI is InChI=1S/C6H9NOS/c1-2-3-6-7-5(8)4-9-6/h2,6H,1,3-4H2,(H,7,8). The van der Waals surface area contributed by atoms with E-state index in [1.54, 1.807) is 11.8 Å². The SMILES string of the molecule is C=CCC1NC(=O)CS1. The fourth-order valence-corrected chi connectivity index (χ4v) is 1.64. The highest BCUT2D eigenvalue weighted by Gasteiger charge is 2.18. The van der Waals surface area contributed by atoms with Gasteiger partial charge in [0.25, 0.3) is 0 Å². The van der Waals surface area contributed by atoms with Crippen LogP contribution in [0.4, 0.5) is 0 Å². The van der Waals surface area contributed by atoms with Gasteiger partial charge in [0.1, 0.15) is 0 Å². The lowest BCUT2D eigenvalue weighted by Gasteiger charge is -2.02. The summed E-state index contributed by atoms with van der Waals surface area (Å²) in [5.41, 5.74) is 0. The van der Waals surface area contributed by atoms with Crippen LogP contribution in [0, 0.1) is 0 Å². The average molecular weight is 143 g/mol. The lowest BCUT2D eigenvalue weighted by atomic mass is 10.4. The van der Waals surface area contributed by atoms with Crippen molar-refractivity contribution in [3.05, 3.63) is 12.7 Å². The molecule has 0 bridgehead atoms. The minimum absolute atomic E-state index is 0.145. The van der Waals surface area contributed by atoms with E-state index < -0.39 is 0 Å². The van der Waals surface area contributed by atoms with Crippen LogP contribution in [0.25, 0.3) is 0 Å². The van der Waals surface area contributed by atoms with Gasteiger partial charge in [0.15, 0.2) is 0 Å². The molecule has 0 spiro atoms. The maximum atomic E-state index is 10.6. The van der Waals surface area contributed by atoms with Gasteiger partial charge in [-0.3, -0.25) is 4.79 Å². The van der Waals surface area contributed by atoms with E-state index in [2.05, 4.69) is 11.9 Å². The fraction of sp³-hybridized carbons (Fsp3) is 0.500. The second kappa shape index (κ2) is 2.92. The Morgan fingerprint density at radius 1 is 2.00 bits per heavy atom. The summed E-state index contributed by atoms with van der Waals surface area (Å²) in [7, 11) is 0. The van der Waals surface area contributed by atoms with Gasteiger partial charge in [-0.05, 0) is 6.42 Å². The molecule has 50 valence electrons. The molecular weight excluding hydrogens is 134 g/mol. The van der Waals surface area contributed by atoms with Crippen molar-refractivity contribution in [2.24, 2.45) is 0 Å². The Balaban J connectivity index is 2.29. The summed E-state index contributed by atoms with van der Waals surface area (Å²) < 4.78 is 0. The number of carbonyl (C=O) groups is 1. The van der Waals surface area contributed by atoms with Crippen LogP contribution in [0.1, 0.15) is 6.42 Å². The third-order valence-corrected chi connectivity index (χ3v) is 2.26. The molecule has 1 rings (SSSR count). The quantitative estimate of drug-likeness (QED) is 0.578. The Labute approximate surface area is 58.7 Å².